The van der Waals surface area contributed by atoms with Gasteiger partial charge in [-0.15, -0.1) is 0 Å². The molecule has 0 amide bonds. The predicted molar refractivity (Wildman–Crippen MR) is 193 cm³/mol. The van der Waals surface area contributed by atoms with Crippen molar-refractivity contribution in [3.05, 3.63) is 152 Å². The Balaban J connectivity index is 1.34. The van der Waals surface area contributed by atoms with Gasteiger partial charge in [0.1, 0.15) is 11.2 Å². The first-order valence-electron chi connectivity index (χ1n) is 15.8. The summed E-state index contributed by atoms with van der Waals surface area (Å²) in [5.74, 6) is 1.87. The first-order chi connectivity index (χ1) is 23.3. The lowest BCUT2D eigenvalue weighted by Gasteiger charge is -2.12. The van der Waals surface area contributed by atoms with Crippen LogP contribution in [0.2, 0.25) is 0 Å². The Morgan fingerprint density at radius 1 is 0.340 bits per heavy atom. The molecule has 10 aromatic rings. The summed E-state index contributed by atoms with van der Waals surface area (Å²) in [5, 5.41) is 11.1. The Kier molecular flexibility index (Phi) is 5.54. The van der Waals surface area contributed by atoms with Crippen molar-refractivity contribution >= 4 is 65.0 Å². The molecule has 0 saturated carbocycles. The molecule has 0 unspecified atom stereocenters. The van der Waals surface area contributed by atoms with Gasteiger partial charge in [-0.25, -0.2) is 15.0 Å². The highest BCUT2D eigenvalue weighted by Crippen LogP contribution is 2.44. The second-order valence-electron chi connectivity index (χ2n) is 12.0. The summed E-state index contributed by atoms with van der Waals surface area (Å²) >= 11 is 0. The first-order valence-corrected chi connectivity index (χ1v) is 15.8. The van der Waals surface area contributed by atoms with E-state index in [0.717, 1.165) is 70.9 Å². The van der Waals surface area contributed by atoms with Crippen molar-refractivity contribution in [2.45, 2.75) is 0 Å². The van der Waals surface area contributed by atoms with Crippen LogP contribution < -0.4 is 0 Å². The summed E-state index contributed by atoms with van der Waals surface area (Å²) in [6, 6.07) is 52.7. The fourth-order valence-corrected chi connectivity index (χ4v) is 7.01. The van der Waals surface area contributed by atoms with Gasteiger partial charge in [-0.3, -0.25) is 0 Å². The van der Waals surface area contributed by atoms with Gasteiger partial charge in [-0.1, -0.05) is 133 Å². The molecule has 4 heteroatoms. The average molecular weight is 600 g/mol. The van der Waals surface area contributed by atoms with E-state index in [4.69, 9.17) is 19.4 Å². The van der Waals surface area contributed by atoms with E-state index in [1.54, 1.807) is 0 Å². The summed E-state index contributed by atoms with van der Waals surface area (Å²) in [6.45, 7) is 0. The lowest BCUT2D eigenvalue weighted by Crippen LogP contribution is -2.00. The molecule has 0 radical (unpaired) electrons. The molecule has 0 atom stereocenters. The van der Waals surface area contributed by atoms with Crippen molar-refractivity contribution in [2.75, 3.05) is 0 Å². The van der Waals surface area contributed by atoms with Crippen LogP contribution in [0.3, 0.4) is 0 Å². The molecule has 0 saturated heterocycles. The average Bonchev–Trinajstić information content (AvgIpc) is 3.54. The SMILES string of the molecule is c1ccc(-c2nc(-c3ccc4ccccc4c3)nc(-c3cc4ccc5ccccc5c4c4oc5c6ccccc6ccc5c34)n2)cc1. The Labute approximate surface area is 269 Å². The van der Waals surface area contributed by atoms with Crippen LogP contribution >= 0.6 is 0 Å². The van der Waals surface area contributed by atoms with Crippen molar-refractivity contribution < 1.29 is 4.42 Å². The largest absolute Gasteiger partial charge is 0.455 e. The highest BCUT2D eigenvalue weighted by Gasteiger charge is 2.22. The number of furan rings is 1. The molecular weight excluding hydrogens is 574 g/mol. The maximum atomic E-state index is 6.96. The number of aromatic nitrogens is 3. The fourth-order valence-electron chi connectivity index (χ4n) is 7.01. The normalized spacial score (nSPS) is 11.8. The van der Waals surface area contributed by atoms with Gasteiger partial charge in [0.15, 0.2) is 17.5 Å². The summed E-state index contributed by atoms with van der Waals surface area (Å²) in [5.41, 5.74) is 4.50. The molecule has 2 heterocycles. The van der Waals surface area contributed by atoms with E-state index in [-0.39, 0.29) is 0 Å². The summed E-state index contributed by atoms with van der Waals surface area (Å²) in [6.07, 6.45) is 0. The van der Waals surface area contributed by atoms with E-state index < -0.39 is 0 Å². The van der Waals surface area contributed by atoms with E-state index >= 15 is 0 Å². The molecule has 0 aliphatic heterocycles. The lowest BCUT2D eigenvalue weighted by molar-refractivity contribution is 0.677. The number of hydrogen-bond acceptors (Lipinski definition) is 4. The van der Waals surface area contributed by atoms with Crippen LogP contribution in [0.15, 0.2) is 156 Å². The lowest BCUT2D eigenvalue weighted by atomic mass is 9.95. The molecule has 0 fully saturated rings. The van der Waals surface area contributed by atoms with E-state index in [1.807, 2.05) is 30.3 Å². The number of fused-ring (bicyclic) bond motifs is 10. The first kappa shape index (κ1) is 25.9. The van der Waals surface area contributed by atoms with Crippen molar-refractivity contribution in [1.29, 1.82) is 0 Å². The van der Waals surface area contributed by atoms with E-state index in [0.29, 0.717) is 17.5 Å². The molecule has 4 nitrogen and oxygen atoms in total. The minimum Gasteiger partial charge on any atom is -0.455 e. The van der Waals surface area contributed by atoms with Gasteiger partial charge in [0.05, 0.1) is 0 Å². The van der Waals surface area contributed by atoms with Crippen LogP contribution in [-0.4, -0.2) is 15.0 Å². The van der Waals surface area contributed by atoms with Gasteiger partial charge in [0.25, 0.3) is 0 Å². The van der Waals surface area contributed by atoms with Gasteiger partial charge >= 0.3 is 0 Å². The van der Waals surface area contributed by atoms with Gasteiger partial charge < -0.3 is 4.42 Å². The minimum absolute atomic E-state index is 0.609. The third-order valence-corrected chi connectivity index (χ3v) is 9.25. The Hall–Kier alpha value is -6.39. The number of benzene rings is 8. The maximum Gasteiger partial charge on any atom is 0.164 e. The molecule has 8 aromatic carbocycles. The molecule has 0 N–H and O–H groups in total. The number of nitrogens with zero attached hydrogens (tertiary/aromatic N) is 3. The van der Waals surface area contributed by atoms with Gasteiger partial charge in [-0.05, 0) is 50.5 Å². The fraction of sp³-hybridized carbons (Fsp3) is 0. The molecule has 2 aromatic heterocycles. The molecular formula is C43H25N3O. The van der Waals surface area contributed by atoms with Crippen LogP contribution in [0.25, 0.3) is 99.2 Å². The Bertz CT molecular complexity index is 2850. The van der Waals surface area contributed by atoms with E-state index in [1.165, 1.54) is 10.8 Å². The topological polar surface area (TPSA) is 51.8 Å². The highest BCUT2D eigenvalue weighted by molar-refractivity contribution is 6.28. The van der Waals surface area contributed by atoms with Crippen molar-refractivity contribution in [1.82, 2.24) is 15.0 Å². The Morgan fingerprint density at radius 2 is 0.936 bits per heavy atom. The standard InChI is InChI=1S/C43H25N3O/c1-2-13-29(14-3-1)41-44-42(32-21-18-26-10-4-5-15-30(26)24-32)46-43(45-41)36-25-31-20-19-27-11-6-8-16-33(27)37(31)40-38(36)35-23-22-28-12-7-9-17-34(28)39(35)47-40/h1-25H. The molecule has 218 valence electrons. The zero-order valence-electron chi connectivity index (χ0n) is 25.2. The van der Waals surface area contributed by atoms with Crippen molar-refractivity contribution in [3.63, 3.8) is 0 Å². The van der Waals surface area contributed by atoms with Gasteiger partial charge in [-0.2, -0.15) is 0 Å². The van der Waals surface area contributed by atoms with Crippen molar-refractivity contribution in [2.24, 2.45) is 0 Å². The summed E-state index contributed by atoms with van der Waals surface area (Å²) in [4.78, 5) is 15.4. The van der Waals surface area contributed by atoms with Crippen LogP contribution in [0.4, 0.5) is 0 Å². The molecule has 0 aliphatic rings. The summed E-state index contributed by atoms with van der Waals surface area (Å²) < 4.78 is 6.96. The molecule has 0 spiro atoms. The highest BCUT2D eigenvalue weighted by atomic mass is 16.3. The third-order valence-electron chi connectivity index (χ3n) is 9.25. The molecule has 0 aliphatic carbocycles. The predicted octanol–water partition coefficient (Wildman–Crippen LogP) is 11.4. The van der Waals surface area contributed by atoms with Gasteiger partial charge in [0.2, 0.25) is 0 Å². The van der Waals surface area contributed by atoms with Crippen molar-refractivity contribution in [3.8, 4) is 34.2 Å². The Morgan fingerprint density at radius 3 is 1.77 bits per heavy atom. The van der Waals surface area contributed by atoms with Crippen LogP contribution in [-0.2, 0) is 0 Å². The zero-order chi connectivity index (χ0) is 30.9. The van der Waals surface area contributed by atoms with Crippen LogP contribution in [0.5, 0.6) is 0 Å². The maximum absolute atomic E-state index is 6.96. The number of rotatable bonds is 3. The van der Waals surface area contributed by atoms with Crippen LogP contribution in [0.1, 0.15) is 0 Å². The zero-order valence-corrected chi connectivity index (χ0v) is 25.2. The second kappa shape index (κ2) is 10.1. The van der Waals surface area contributed by atoms with Gasteiger partial charge in [0, 0.05) is 38.2 Å². The van der Waals surface area contributed by atoms with E-state index in [2.05, 4.69) is 121 Å². The second-order valence-corrected chi connectivity index (χ2v) is 12.0. The van der Waals surface area contributed by atoms with E-state index in [9.17, 15) is 0 Å². The minimum atomic E-state index is 0.609. The molecule has 0 bridgehead atoms. The molecule has 10 rings (SSSR count). The third kappa shape index (κ3) is 4.05. The molecule has 47 heavy (non-hydrogen) atoms. The van der Waals surface area contributed by atoms with Crippen LogP contribution in [0, 0.1) is 0 Å². The smallest absolute Gasteiger partial charge is 0.164 e. The number of hydrogen-bond donors (Lipinski definition) is 0. The quantitative estimate of drug-likeness (QED) is 0.190. The summed E-state index contributed by atoms with van der Waals surface area (Å²) in [7, 11) is 0. The monoisotopic (exact) mass is 599 g/mol.